The second kappa shape index (κ2) is 11.6. The van der Waals surface area contributed by atoms with E-state index >= 15 is 0 Å². The van der Waals surface area contributed by atoms with Gasteiger partial charge < -0.3 is 24.3 Å². The molecule has 1 aliphatic heterocycles. The van der Waals surface area contributed by atoms with E-state index in [2.05, 4.69) is 20.2 Å². The van der Waals surface area contributed by atoms with Crippen molar-refractivity contribution in [2.75, 3.05) is 33.2 Å². The highest BCUT2D eigenvalue weighted by atomic mass is 127. The van der Waals surface area contributed by atoms with Crippen LogP contribution in [0.3, 0.4) is 0 Å². The minimum Gasteiger partial charge on any atom is -0.459 e. The number of carbonyl (C=O) groups excluding carboxylic acids is 1. The molecular weight excluding hydrogens is 540 g/mol. The molecule has 1 fully saturated rings. The summed E-state index contributed by atoms with van der Waals surface area (Å²) in [6.07, 6.45) is 4.65. The Bertz CT molecular complexity index is 1070. The fourth-order valence-corrected chi connectivity index (χ4v) is 3.46. The van der Waals surface area contributed by atoms with E-state index in [1.807, 2.05) is 0 Å². The lowest BCUT2D eigenvalue weighted by Gasteiger charge is -2.36. The van der Waals surface area contributed by atoms with Crippen molar-refractivity contribution in [2.45, 2.75) is 6.54 Å². The Morgan fingerprint density at radius 3 is 2.61 bits per heavy atom. The van der Waals surface area contributed by atoms with Gasteiger partial charge in [0.15, 0.2) is 23.3 Å². The van der Waals surface area contributed by atoms with Crippen LogP contribution in [0.4, 0.5) is 4.39 Å². The Morgan fingerprint density at radius 2 is 1.97 bits per heavy atom. The number of rotatable bonds is 5. The first-order chi connectivity index (χ1) is 15.6. The van der Waals surface area contributed by atoms with E-state index in [9.17, 15) is 9.18 Å². The third-order valence-corrected chi connectivity index (χ3v) is 5.12. The zero-order valence-electron chi connectivity index (χ0n) is 18.1. The van der Waals surface area contributed by atoms with Gasteiger partial charge in [-0.2, -0.15) is 0 Å². The number of carbonyl (C=O) groups is 1. The largest absolute Gasteiger partial charge is 0.459 e. The zero-order chi connectivity index (χ0) is 22.3. The van der Waals surface area contributed by atoms with Gasteiger partial charge in [-0.1, -0.05) is 6.07 Å². The molecule has 4 rings (SSSR count). The summed E-state index contributed by atoms with van der Waals surface area (Å²) in [7, 11) is 1.70. The standard InChI is InChI=1S/C23H24FN5O3.HI/c1-25-23(29-11-9-28(10-12-29)22(30)21-5-3-13-31-21)27-15-17-6-7-20(19(24)14-17)32-18-4-2-8-26-16-18;/h2-8,13-14,16H,9-12,15H2,1H3,(H,25,27);1H. The topological polar surface area (TPSA) is 83.2 Å². The Morgan fingerprint density at radius 1 is 1.18 bits per heavy atom. The summed E-state index contributed by atoms with van der Waals surface area (Å²) in [5, 5.41) is 3.26. The quantitative estimate of drug-likeness (QED) is 0.288. The number of piperazine rings is 1. The molecule has 174 valence electrons. The summed E-state index contributed by atoms with van der Waals surface area (Å²) >= 11 is 0. The van der Waals surface area contributed by atoms with Gasteiger partial charge in [0, 0.05) is 46.0 Å². The van der Waals surface area contributed by atoms with Crippen molar-refractivity contribution in [1.29, 1.82) is 0 Å². The molecule has 1 N–H and O–H groups in total. The molecule has 1 aromatic carbocycles. The summed E-state index contributed by atoms with van der Waals surface area (Å²) in [5.74, 6) is 1.10. The smallest absolute Gasteiger partial charge is 0.289 e. The van der Waals surface area contributed by atoms with Gasteiger partial charge in [0.25, 0.3) is 5.91 Å². The molecule has 2 aromatic heterocycles. The number of furan rings is 1. The Labute approximate surface area is 208 Å². The number of benzene rings is 1. The highest BCUT2D eigenvalue weighted by Crippen LogP contribution is 2.24. The van der Waals surface area contributed by atoms with Crippen LogP contribution in [0.15, 0.2) is 70.5 Å². The lowest BCUT2D eigenvalue weighted by Crippen LogP contribution is -2.53. The maximum atomic E-state index is 14.5. The second-order valence-corrected chi connectivity index (χ2v) is 7.21. The Hall–Kier alpha value is -3.15. The van der Waals surface area contributed by atoms with Gasteiger partial charge in [0.05, 0.1) is 12.5 Å². The van der Waals surface area contributed by atoms with Crippen molar-refractivity contribution in [3.63, 3.8) is 0 Å². The van der Waals surface area contributed by atoms with E-state index in [0.29, 0.717) is 50.2 Å². The monoisotopic (exact) mass is 565 g/mol. The molecule has 8 nitrogen and oxygen atoms in total. The van der Waals surface area contributed by atoms with Crippen LogP contribution >= 0.6 is 24.0 Å². The van der Waals surface area contributed by atoms with Crippen molar-refractivity contribution in [1.82, 2.24) is 20.1 Å². The summed E-state index contributed by atoms with van der Waals surface area (Å²) in [5.41, 5.74) is 0.758. The summed E-state index contributed by atoms with van der Waals surface area (Å²) in [6.45, 7) is 2.81. The maximum Gasteiger partial charge on any atom is 0.289 e. The average molecular weight is 565 g/mol. The number of aromatic nitrogens is 1. The van der Waals surface area contributed by atoms with Crippen LogP contribution in [0.2, 0.25) is 0 Å². The van der Waals surface area contributed by atoms with Crippen molar-refractivity contribution >= 4 is 35.8 Å². The molecule has 1 saturated heterocycles. The van der Waals surface area contributed by atoms with Crippen LogP contribution in [-0.2, 0) is 6.54 Å². The number of nitrogens with zero attached hydrogens (tertiary/aromatic N) is 4. The molecule has 0 atom stereocenters. The van der Waals surface area contributed by atoms with E-state index in [-0.39, 0.29) is 35.6 Å². The van der Waals surface area contributed by atoms with Gasteiger partial charge in [-0.25, -0.2) is 4.39 Å². The lowest BCUT2D eigenvalue weighted by molar-refractivity contribution is 0.0657. The molecule has 0 radical (unpaired) electrons. The molecular formula is C23H25FIN5O3. The third kappa shape index (κ3) is 6.21. The third-order valence-electron chi connectivity index (χ3n) is 5.12. The van der Waals surface area contributed by atoms with E-state index in [4.69, 9.17) is 9.15 Å². The molecule has 10 heteroatoms. The number of nitrogens with one attached hydrogen (secondary N) is 1. The van der Waals surface area contributed by atoms with E-state index in [1.54, 1.807) is 54.5 Å². The number of aliphatic imine (C=N–C) groups is 1. The molecule has 3 aromatic rings. The molecule has 0 aliphatic carbocycles. The van der Waals surface area contributed by atoms with Gasteiger partial charge in [-0.3, -0.25) is 14.8 Å². The predicted molar refractivity (Wildman–Crippen MR) is 133 cm³/mol. The number of amides is 1. The maximum absolute atomic E-state index is 14.5. The second-order valence-electron chi connectivity index (χ2n) is 7.21. The Kier molecular flexibility index (Phi) is 8.64. The van der Waals surface area contributed by atoms with Crippen molar-refractivity contribution in [3.8, 4) is 11.5 Å². The zero-order valence-corrected chi connectivity index (χ0v) is 20.4. The van der Waals surface area contributed by atoms with Gasteiger partial charge >= 0.3 is 0 Å². The minimum absolute atomic E-state index is 0. The number of ether oxygens (including phenoxy) is 1. The summed E-state index contributed by atoms with van der Waals surface area (Å²) in [6, 6.07) is 11.6. The average Bonchev–Trinajstić information content (AvgIpc) is 3.37. The van der Waals surface area contributed by atoms with E-state index < -0.39 is 5.82 Å². The number of hydrogen-bond donors (Lipinski definition) is 1. The highest BCUT2D eigenvalue weighted by molar-refractivity contribution is 14.0. The predicted octanol–water partition coefficient (Wildman–Crippen LogP) is 3.76. The SMILES string of the molecule is CN=C(NCc1ccc(Oc2cccnc2)c(F)c1)N1CCN(C(=O)c2ccco2)CC1.I. The first-order valence-electron chi connectivity index (χ1n) is 10.3. The first kappa shape index (κ1) is 24.5. The molecule has 0 bridgehead atoms. The molecule has 0 saturated carbocycles. The molecule has 0 unspecified atom stereocenters. The fraction of sp³-hybridized carbons (Fsp3) is 0.261. The van der Waals surface area contributed by atoms with E-state index in [1.165, 1.54) is 18.5 Å². The number of hydrogen-bond acceptors (Lipinski definition) is 5. The fourth-order valence-electron chi connectivity index (χ4n) is 3.46. The molecule has 1 aliphatic rings. The molecule has 3 heterocycles. The summed E-state index contributed by atoms with van der Waals surface area (Å²) < 4.78 is 25.2. The van der Waals surface area contributed by atoms with Crippen molar-refractivity contribution in [2.24, 2.45) is 4.99 Å². The van der Waals surface area contributed by atoms with Crippen LogP contribution in [0.5, 0.6) is 11.5 Å². The van der Waals surface area contributed by atoms with Crippen LogP contribution < -0.4 is 10.1 Å². The van der Waals surface area contributed by atoms with Crippen molar-refractivity contribution in [3.05, 3.63) is 78.3 Å². The van der Waals surface area contributed by atoms with E-state index in [0.717, 1.165) is 5.56 Å². The summed E-state index contributed by atoms with van der Waals surface area (Å²) in [4.78, 5) is 24.5. The van der Waals surface area contributed by atoms with Gasteiger partial charge in [0.2, 0.25) is 0 Å². The number of halogens is 2. The van der Waals surface area contributed by atoms with Gasteiger partial charge in [-0.05, 0) is 42.0 Å². The normalized spacial score (nSPS) is 13.9. The van der Waals surface area contributed by atoms with Gasteiger partial charge in [0.1, 0.15) is 5.75 Å². The molecule has 1 amide bonds. The van der Waals surface area contributed by atoms with Gasteiger partial charge in [-0.15, -0.1) is 24.0 Å². The van der Waals surface area contributed by atoms with Crippen LogP contribution in [0.1, 0.15) is 16.1 Å². The highest BCUT2D eigenvalue weighted by Gasteiger charge is 2.25. The van der Waals surface area contributed by atoms with Crippen LogP contribution in [0, 0.1) is 5.82 Å². The first-order valence-corrected chi connectivity index (χ1v) is 10.3. The van der Waals surface area contributed by atoms with Crippen LogP contribution in [-0.4, -0.2) is 59.9 Å². The lowest BCUT2D eigenvalue weighted by atomic mass is 10.2. The Balaban J connectivity index is 0.00000306. The molecule has 33 heavy (non-hydrogen) atoms. The van der Waals surface area contributed by atoms with Crippen molar-refractivity contribution < 1.29 is 18.3 Å². The van der Waals surface area contributed by atoms with Crippen LogP contribution in [0.25, 0.3) is 0 Å². The number of pyridine rings is 1. The minimum atomic E-state index is -0.451. The number of guanidine groups is 1. The molecule has 0 spiro atoms.